The van der Waals surface area contributed by atoms with Gasteiger partial charge in [0.05, 0.1) is 48.2 Å². The van der Waals surface area contributed by atoms with Crippen LogP contribution in [0.2, 0.25) is 0 Å². The first-order valence-electron chi connectivity index (χ1n) is 18.5. The third-order valence-corrected chi connectivity index (χ3v) is 11.3. The predicted molar refractivity (Wildman–Crippen MR) is 204 cm³/mol. The van der Waals surface area contributed by atoms with Gasteiger partial charge in [-0.3, -0.25) is 29.4 Å². The molecule has 2 heterocycles. The molecule has 0 unspecified atom stereocenters. The third kappa shape index (κ3) is 11.1. The summed E-state index contributed by atoms with van der Waals surface area (Å²) in [5, 5.41) is 8.46. The molecule has 0 radical (unpaired) electrons. The van der Waals surface area contributed by atoms with Crippen molar-refractivity contribution in [2.24, 2.45) is 23.5 Å². The fourth-order valence-electron chi connectivity index (χ4n) is 7.44. The Hall–Kier alpha value is -3.23. The SMILES string of the molecule is CC[C@H](C)[C@@H]([C@@H](CC(=O)N1CCC[C@H]1[C@H](OC)[C@@H](C)C(=O)N[C@@H](Cc1ccccc1)c1nccs1)OC)N(C)[C@H](C(=O)NC(=O)C(C)(C)N)C(C)C. The molecule has 4 N–H and O–H groups in total. The predicted octanol–water partition coefficient (Wildman–Crippen LogP) is 4.34. The van der Waals surface area contributed by atoms with Gasteiger partial charge in [-0.2, -0.15) is 0 Å². The van der Waals surface area contributed by atoms with Gasteiger partial charge in [0.15, 0.2) is 0 Å². The van der Waals surface area contributed by atoms with E-state index in [1.807, 2.05) is 73.3 Å². The van der Waals surface area contributed by atoms with Crippen molar-refractivity contribution in [1.82, 2.24) is 25.4 Å². The zero-order valence-electron chi connectivity index (χ0n) is 32.8. The van der Waals surface area contributed by atoms with Gasteiger partial charge >= 0.3 is 0 Å². The normalized spacial score (nSPS) is 19.1. The molecular formula is C39H62N6O6S. The minimum atomic E-state index is -1.22. The number of carbonyl (C=O) groups is 4. The molecule has 0 saturated carbocycles. The van der Waals surface area contributed by atoms with Crippen LogP contribution in [-0.2, 0) is 35.1 Å². The van der Waals surface area contributed by atoms with E-state index in [4.69, 9.17) is 15.2 Å². The zero-order chi connectivity index (χ0) is 38.7. The highest BCUT2D eigenvalue weighted by Crippen LogP contribution is 2.31. The fraction of sp³-hybridized carbons (Fsp3) is 0.667. The summed E-state index contributed by atoms with van der Waals surface area (Å²) in [6, 6.07) is 8.39. The summed E-state index contributed by atoms with van der Waals surface area (Å²) < 4.78 is 12.1. The molecule has 12 nitrogen and oxygen atoms in total. The van der Waals surface area contributed by atoms with Crippen molar-refractivity contribution in [3.8, 4) is 0 Å². The number of carbonyl (C=O) groups excluding carboxylic acids is 4. The van der Waals surface area contributed by atoms with Crippen LogP contribution >= 0.6 is 11.3 Å². The lowest BCUT2D eigenvalue weighted by Crippen LogP contribution is -2.60. The van der Waals surface area contributed by atoms with E-state index in [1.54, 1.807) is 34.3 Å². The molecule has 1 aliphatic rings. The summed E-state index contributed by atoms with van der Waals surface area (Å²) in [6.45, 7) is 13.5. The van der Waals surface area contributed by atoms with E-state index < -0.39 is 41.5 Å². The average Bonchev–Trinajstić information content (AvgIpc) is 3.81. The molecule has 1 fully saturated rings. The number of benzene rings is 1. The zero-order valence-corrected chi connectivity index (χ0v) is 33.6. The Bertz CT molecular complexity index is 1430. The highest BCUT2D eigenvalue weighted by Gasteiger charge is 2.43. The Morgan fingerprint density at radius 1 is 1.08 bits per heavy atom. The molecule has 1 aromatic carbocycles. The molecule has 4 amide bonds. The van der Waals surface area contributed by atoms with Gasteiger partial charge in [0.2, 0.25) is 23.6 Å². The van der Waals surface area contributed by atoms with E-state index in [0.29, 0.717) is 19.4 Å². The molecule has 0 bridgehead atoms. The molecule has 1 aliphatic heterocycles. The van der Waals surface area contributed by atoms with Crippen molar-refractivity contribution < 1.29 is 28.7 Å². The molecule has 0 aliphatic carbocycles. The van der Waals surface area contributed by atoms with Crippen LogP contribution in [0.3, 0.4) is 0 Å². The number of hydrogen-bond acceptors (Lipinski definition) is 10. The largest absolute Gasteiger partial charge is 0.379 e. The number of likely N-dealkylation sites (N-methyl/N-ethyl adjacent to an activating group) is 1. The minimum Gasteiger partial charge on any atom is -0.379 e. The van der Waals surface area contributed by atoms with Crippen LogP contribution in [0.4, 0.5) is 0 Å². The van der Waals surface area contributed by atoms with Gasteiger partial charge in [0.25, 0.3) is 0 Å². The second-order valence-electron chi connectivity index (χ2n) is 15.2. The van der Waals surface area contributed by atoms with Crippen molar-refractivity contribution in [3.63, 3.8) is 0 Å². The number of nitrogens with zero attached hydrogens (tertiary/aromatic N) is 3. The van der Waals surface area contributed by atoms with Gasteiger partial charge in [0.1, 0.15) is 5.01 Å². The van der Waals surface area contributed by atoms with E-state index in [0.717, 1.165) is 23.4 Å². The van der Waals surface area contributed by atoms with Crippen molar-refractivity contribution in [1.29, 1.82) is 0 Å². The summed E-state index contributed by atoms with van der Waals surface area (Å²) in [7, 11) is 5.04. The standard InChI is InChI=1S/C39H62N6O6S/c1-11-25(4)33(44(8)32(24(2)3)36(48)43-38(49)39(6,7)40)30(50-9)23-31(46)45-20-15-18-29(45)34(51-10)26(5)35(47)42-28(37-41-19-21-52-37)22-27-16-13-12-14-17-27/h12-14,16-17,19,21,24-26,28-30,32-34H,11,15,18,20,22-23,40H2,1-10H3,(H,42,47)(H,43,48,49)/t25-,26+,28-,29-,30+,32-,33-,34+/m0/s1. The molecule has 290 valence electrons. The van der Waals surface area contributed by atoms with Crippen LogP contribution in [0.5, 0.6) is 0 Å². The number of rotatable bonds is 19. The number of ether oxygens (including phenoxy) is 2. The van der Waals surface area contributed by atoms with Gasteiger partial charge < -0.3 is 25.4 Å². The second kappa shape index (κ2) is 19.7. The van der Waals surface area contributed by atoms with Crippen molar-refractivity contribution >= 4 is 35.0 Å². The Kier molecular flexibility index (Phi) is 16.4. The molecule has 13 heteroatoms. The highest BCUT2D eigenvalue weighted by atomic mass is 32.1. The van der Waals surface area contributed by atoms with E-state index in [1.165, 1.54) is 11.3 Å². The first kappa shape index (κ1) is 43.2. The number of imide groups is 1. The summed E-state index contributed by atoms with van der Waals surface area (Å²) >= 11 is 1.50. The van der Waals surface area contributed by atoms with Gasteiger partial charge in [-0.25, -0.2) is 4.98 Å². The smallest absolute Gasteiger partial charge is 0.246 e. The van der Waals surface area contributed by atoms with Crippen LogP contribution in [0.1, 0.15) is 90.8 Å². The second-order valence-corrected chi connectivity index (χ2v) is 16.1. The van der Waals surface area contributed by atoms with Gasteiger partial charge in [0, 0.05) is 38.4 Å². The number of amides is 4. The number of aromatic nitrogens is 1. The van der Waals surface area contributed by atoms with Crippen LogP contribution in [0, 0.1) is 17.8 Å². The van der Waals surface area contributed by atoms with Gasteiger partial charge in [-0.15, -0.1) is 11.3 Å². The van der Waals surface area contributed by atoms with Crippen LogP contribution in [-0.4, -0.2) is 102 Å². The lowest BCUT2D eigenvalue weighted by molar-refractivity contribution is -0.144. The van der Waals surface area contributed by atoms with E-state index in [2.05, 4.69) is 29.5 Å². The van der Waals surface area contributed by atoms with Crippen LogP contribution in [0.15, 0.2) is 41.9 Å². The molecule has 0 spiro atoms. The van der Waals surface area contributed by atoms with E-state index >= 15 is 0 Å². The minimum absolute atomic E-state index is 0.0462. The maximum Gasteiger partial charge on any atom is 0.246 e. The highest BCUT2D eigenvalue weighted by molar-refractivity contribution is 7.09. The molecule has 1 aromatic heterocycles. The summed E-state index contributed by atoms with van der Waals surface area (Å²) in [4.78, 5) is 62.6. The Labute approximate surface area is 314 Å². The number of methoxy groups -OCH3 is 2. The van der Waals surface area contributed by atoms with E-state index in [9.17, 15) is 19.2 Å². The molecular weight excluding hydrogens is 681 g/mol. The number of thiazole rings is 1. The topological polar surface area (TPSA) is 156 Å². The number of likely N-dealkylation sites (tertiary alicyclic amines) is 1. The quantitative estimate of drug-likeness (QED) is 0.191. The lowest BCUT2D eigenvalue weighted by Gasteiger charge is -2.43. The Balaban J connectivity index is 1.79. The maximum atomic E-state index is 14.2. The van der Waals surface area contributed by atoms with Crippen molar-refractivity contribution in [2.45, 2.75) is 122 Å². The first-order valence-corrected chi connectivity index (χ1v) is 19.4. The summed E-state index contributed by atoms with van der Waals surface area (Å²) in [6.07, 6.45) is 3.60. The van der Waals surface area contributed by atoms with Crippen LogP contribution < -0.4 is 16.4 Å². The average molecular weight is 743 g/mol. The van der Waals surface area contributed by atoms with E-state index in [-0.39, 0.29) is 48.2 Å². The summed E-state index contributed by atoms with van der Waals surface area (Å²) in [5.41, 5.74) is 5.84. The molecule has 52 heavy (non-hydrogen) atoms. The maximum absolute atomic E-state index is 14.2. The Morgan fingerprint density at radius 3 is 2.29 bits per heavy atom. The van der Waals surface area contributed by atoms with Gasteiger partial charge in [-0.1, -0.05) is 71.4 Å². The van der Waals surface area contributed by atoms with Crippen molar-refractivity contribution in [3.05, 3.63) is 52.5 Å². The molecule has 8 atom stereocenters. The Morgan fingerprint density at radius 2 is 1.75 bits per heavy atom. The van der Waals surface area contributed by atoms with Crippen molar-refractivity contribution in [2.75, 3.05) is 27.8 Å². The van der Waals surface area contributed by atoms with Gasteiger partial charge in [-0.05, 0) is 57.6 Å². The third-order valence-electron chi connectivity index (χ3n) is 10.4. The molecule has 3 rings (SSSR count). The monoisotopic (exact) mass is 742 g/mol. The lowest BCUT2D eigenvalue weighted by atomic mass is 9.87. The first-order chi connectivity index (χ1) is 24.5. The number of nitrogens with two attached hydrogens (primary N) is 1. The summed E-state index contributed by atoms with van der Waals surface area (Å²) in [5.74, 6) is -1.91. The fourth-order valence-corrected chi connectivity index (χ4v) is 8.13. The molecule has 2 aromatic rings. The van der Waals surface area contributed by atoms with Crippen LogP contribution in [0.25, 0.3) is 0 Å². The molecule has 1 saturated heterocycles. The number of nitrogens with one attached hydrogen (secondary N) is 2. The number of hydrogen-bond donors (Lipinski definition) is 3.